The molecule has 4 fully saturated rings. The lowest BCUT2D eigenvalue weighted by molar-refractivity contribution is -0.136. The molecule has 0 amide bonds. The lowest BCUT2D eigenvalue weighted by Crippen LogP contribution is -2.64. The molecule has 1 N–H and O–H groups in total. The standard InChI is InChI=1S/C16H27NO2/c18-16(13-4-5-13)11-17(12-16)10-14-6-9-15(19-14)7-2-1-3-8-15/h13-14,18H,1-12H2. The van der Waals surface area contributed by atoms with Gasteiger partial charge in [-0.05, 0) is 44.4 Å². The second kappa shape index (κ2) is 4.44. The highest BCUT2D eigenvalue weighted by atomic mass is 16.5. The number of hydrogen-bond acceptors (Lipinski definition) is 3. The summed E-state index contributed by atoms with van der Waals surface area (Å²) < 4.78 is 6.42. The molecule has 0 radical (unpaired) electrons. The van der Waals surface area contributed by atoms with Crippen molar-refractivity contribution in [1.82, 2.24) is 4.90 Å². The maximum atomic E-state index is 10.4. The van der Waals surface area contributed by atoms with Crippen LogP contribution in [0.15, 0.2) is 0 Å². The number of rotatable bonds is 3. The summed E-state index contributed by atoms with van der Waals surface area (Å²) in [4.78, 5) is 2.41. The van der Waals surface area contributed by atoms with Gasteiger partial charge in [-0.3, -0.25) is 4.90 Å². The van der Waals surface area contributed by atoms with Crippen LogP contribution < -0.4 is 0 Å². The first-order chi connectivity index (χ1) is 9.18. The van der Waals surface area contributed by atoms with E-state index in [1.165, 1.54) is 57.8 Å². The van der Waals surface area contributed by atoms with Gasteiger partial charge < -0.3 is 9.84 Å². The van der Waals surface area contributed by atoms with Crippen LogP contribution in [0.1, 0.15) is 57.8 Å². The van der Waals surface area contributed by atoms with Crippen molar-refractivity contribution >= 4 is 0 Å². The Morgan fingerprint density at radius 3 is 2.42 bits per heavy atom. The maximum absolute atomic E-state index is 10.4. The highest BCUT2D eigenvalue weighted by molar-refractivity contribution is 5.06. The van der Waals surface area contributed by atoms with Crippen molar-refractivity contribution in [3.63, 3.8) is 0 Å². The van der Waals surface area contributed by atoms with Crippen molar-refractivity contribution in [2.75, 3.05) is 19.6 Å². The van der Waals surface area contributed by atoms with E-state index < -0.39 is 0 Å². The molecular formula is C16H27NO2. The van der Waals surface area contributed by atoms with Gasteiger partial charge in [0.1, 0.15) is 0 Å². The van der Waals surface area contributed by atoms with Gasteiger partial charge in [-0.25, -0.2) is 0 Å². The van der Waals surface area contributed by atoms with Crippen molar-refractivity contribution in [1.29, 1.82) is 0 Å². The topological polar surface area (TPSA) is 32.7 Å². The van der Waals surface area contributed by atoms with Gasteiger partial charge in [-0.2, -0.15) is 0 Å². The molecule has 1 atom stereocenters. The molecule has 4 rings (SSSR count). The van der Waals surface area contributed by atoms with Gasteiger partial charge in [0.2, 0.25) is 0 Å². The Labute approximate surface area is 116 Å². The highest BCUT2D eigenvalue weighted by Gasteiger charge is 2.52. The first kappa shape index (κ1) is 12.6. The van der Waals surface area contributed by atoms with Crippen LogP contribution in [0, 0.1) is 5.92 Å². The SMILES string of the molecule is OC1(C2CC2)CN(CC2CCC3(CCCCC3)O2)C1. The number of β-amino-alcohol motifs (C(OH)–C–C–N with tert-alkyl or cyclic N) is 1. The van der Waals surface area contributed by atoms with Crippen LogP contribution >= 0.6 is 0 Å². The number of likely N-dealkylation sites (tertiary alicyclic amines) is 1. The Balaban J connectivity index is 1.26. The van der Waals surface area contributed by atoms with Crippen LogP contribution in [0.2, 0.25) is 0 Å². The fourth-order valence-electron chi connectivity index (χ4n) is 4.61. The molecule has 4 aliphatic rings. The summed E-state index contributed by atoms with van der Waals surface area (Å²) in [6.45, 7) is 2.84. The molecule has 0 aromatic heterocycles. The summed E-state index contributed by atoms with van der Waals surface area (Å²) in [6.07, 6.45) is 12.1. The van der Waals surface area contributed by atoms with Crippen molar-refractivity contribution in [3.8, 4) is 0 Å². The largest absolute Gasteiger partial charge is 0.387 e. The van der Waals surface area contributed by atoms with E-state index in [-0.39, 0.29) is 11.2 Å². The third-order valence-electron chi connectivity index (χ3n) is 5.90. The van der Waals surface area contributed by atoms with Crippen LogP contribution in [0.5, 0.6) is 0 Å². The number of hydrogen-bond donors (Lipinski definition) is 1. The van der Waals surface area contributed by atoms with E-state index in [1.807, 2.05) is 0 Å². The molecule has 3 heteroatoms. The van der Waals surface area contributed by atoms with E-state index in [0.29, 0.717) is 12.0 Å². The summed E-state index contributed by atoms with van der Waals surface area (Å²) in [6, 6.07) is 0. The van der Waals surface area contributed by atoms with Crippen LogP contribution in [0.25, 0.3) is 0 Å². The fraction of sp³-hybridized carbons (Fsp3) is 1.00. The third-order valence-corrected chi connectivity index (χ3v) is 5.90. The van der Waals surface area contributed by atoms with Crippen LogP contribution in [-0.2, 0) is 4.74 Å². The second-order valence-corrected chi connectivity index (χ2v) is 7.57. The number of aliphatic hydroxyl groups is 1. The molecule has 2 saturated carbocycles. The first-order valence-corrected chi connectivity index (χ1v) is 8.30. The number of nitrogens with zero attached hydrogens (tertiary/aromatic N) is 1. The average molecular weight is 265 g/mol. The molecular weight excluding hydrogens is 238 g/mol. The fourth-order valence-corrected chi connectivity index (χ4v) is 4.61. The van der Waals surface area contributed by atoms with E-state index in [0.717, 1.165) is 19.6 Å². The predicted molar refractivity (Wildman–Crippen MR) is 74.0 cm³/mol. The molecule has 0 bridgehead atoms. The van der Waals surface area contributed by atoms with Crippen LogP contribution in [0.4, 0.5) is 0 Å². The van der Waals surface area contributed by atoms with Gasteiger partial charge in [-0.15, -0.1) is 0 Å². The Kier molecular flexibility index (Phi) is 2.95. The summed E-state index contributed by atoms with van der Waals surface area (Å²) in [5, 5.41) is 10.4. The zero-order chi connectivity index (χ0) is 12.9. The molecule has 2 aliphatic heterocycles. The van der Waals surface area contributed by atoms with Gasteiger partial charge in [0, 0.05) is 19.6 Å². The van der Waals surface area contributed by atoms with Crippen molar-refractivity contribution in [3.05, 3.63) is 0 Å². The molecule has 2 saturated heterocycles. The molecule has 3 nitrogen and oxygen atoms in total. The summed E-state index contributed by atoms with van der Waals surface area (Å²) >= 11 is 0. The van der Waals surface area contributed by atoms with Crippen LogP contribution in [0.3, 0.4) is 0 Å². The van der Waals surface area contributed by atoms with Gasteiger partial charge >= 0.3 is 0 Å². The third kappa shape index (κ3) is 2.34. The van der Waals surface area contributed by atoms with E-state index in [2.05, 4.69) is 4.90 Å². The van der Waals surface area contributed by atoms with Crippen LogP contribution in [-0.4, -0.2) is 46.9 Å². The molecule has 2 heterocycles. The van der Waals surface area contributed by atoms with Crippen molar-refractivity contribution < 1.29 is 9.84 Å². The van der Waals surface area contributed by atoms with Gasteiger partial charge in [0.25, 0.3) is 0 Å². The Hall–Kier alpha value is -0.120. The molecule has 108 valence electrons. The summed E-state index contributed by atoms with van der Waals surface area (Å²) in [5.41, 5.74) is -0.0816. The number of ether oxygens (including phenoxy) is 1. The molecule has 0 aromatic rings. The average Bonchev–Trinajstić information content (AvgIpc) is 3.15. The van der Waals surface area contributed by atoms with Crippen molar-refractivity contribution in [2.45, 2.75) is 75.1 Å². The van der Waals surface area contributed by atoms with Gasteiger partial charge in [0.05, 0.1) is 17.3 Å². The smallest absolute Gasteiger partial charge is 0.0928 e. The Bertz CT molecular complexity index is 341. The van der Waals surface area contributed by atoms with Crippen molar-refractivity contribution in [2.24, 2.45) is 5.92 Å². The molecule has 0 aromatic carbocycles. The lowest BCUT2D eigenvalue weighted by atomic mass is 9.83. The minimum atomic E-state index is -0.332. The quantitative estimate of drug-likeness (QED) is 0.850. The molecule has 19 heavy (non-hydrogen) atoms. The molecule has 1 spiro atoms. The monoisotopic (exact) mass is 265 g/mol. The Morgan fingerprint density at radius 2 is 1.74 bits per heavy atom. The zero-order valence-corrected chi connectivity index (χ0v) is 11.9. The lowest BCUT2D eigenvalue weighted by Gasteiger charge is -2.48. The zero-order valence-electron chi connectivity index (χ0n) is 11.9. The maximum Gasteiger partial charge on any atom is 0.0928 e. The second-order valence-electron chi connectivity index (χ2n) is 7.57. The minimum absolute atomic E-state index is 0.251. The first-order valence-electron chi connectivity index (χ1n) is 8.30. The summed E-state index contributed by atoms with van der Waals surface area (Å²) in [5.74, 6) is 0.609. The van der Waals surface area contributed by atoms with E-state index in [1.54, 1.807) is 0 Å². The molecule has 2 aliphatic carbocycles. The highest BCUT2D eigenvalue weighted by Crippen LogP contribution is 2.46. The Morgan fingerprint density at radius 1 is 1.00 bits per heavy atom. The predicted octanol–water partition coefficient (Wildman–Crippen LogP) is 2.33. The molecule has 1 unspecified atom stereocenters. The van der Waals surface area contributed by atoms with E-state index in [4.69, 9.17) is 4.74 Å². The summed E-state index contributed by atoms with van der Waals surface area (Å²) in [7, 11) is 0. The normalized spacial score (nSPS) is 37.4. The van der Waals surface area contributed by atoms with Gasteiger partial charge in [-0.1, -0.05) is 19.3 Å². The van der Waals surface area contributed by atoms with E-state index >= 15 is 0 Å². The van der Waals surface area contributed by atoms with Gasteiger partial charge in [0.15, 0.2) is 0 Å². The minimum Gasteiger partial charge on any atom is -0.387 e. The van der Waals surface area contributed by atoms with E-state index in [9.17, 15) is 5.11 Å².